The van der Waals surface area contributed by atoms with Crippen molar-refractivity contribution in [2.75, 3.05) is 5.32 Å². The van der Waals surface area contributed by atoms with E-state index in [9.17, 15) is 4.79 Å². The number of nitrogens with zero attached hydrogens (tertiary/aromatic N) is 2. The number of aromatic nitrogens is 2. The van der Waals surface area contributed by atoms with Gasteiger partial charge in [0.1, 0.15) is 5.01 Å². The van der Waals surface area contributed by atoms with Crippen LogP contribution in [-0.4, -0.2) is 16.1 Å². The maximum Gasteiger partial charge on any atom is 0.267 e. The third-order valence-corrected chi connectivity index (χ3v) is 4.96. The number of carbonyl (C=O) groups is 1. The Labute approximate surface area is 113 Å². The average Bonchev–Trinajstić information content (AvgIpc) is 2.95. The van der Waals surface area contributed by atoms with Gasteiger partial charge in [-0.25, -0.2) is 0 Å². The zero-order chi connectivity index (χ0) is 12.5. The zero-order valence-electron chi connectivity index (χ0n) is 10.0. The normalized spacial score (nSPS) is 14.3. The number of nitrogens with one attached hydrogen (secondary N) is 1. The van der Waals surface area contributed by atoms with E-state index in [0.29, 0.717) is 5.13 Å². The molecule has 2 aromatic heterocycles. The van der Waals surface area contributed by atoms with Crippen LogP contribution in [-0.2, 0) is 12.8 Å². The van der Waals surface area contributed by atoms with Crippen LogP contribution in [0.3, 0.4) is 0 Å². The molecule has 6 heteroatoms. The van der Waals surface area contributed by atoms with Crippen LogP contribution < -0.4 is 5.32 Å². The van der Waals surface area contributed by atoms with Crippen LogP contribution in [0.15, 0.2) is 6.07 Å². The van der Waals surface area contributed by atoms with Gasteiger partial charge >= 0.3 is 0 Å². The van der Waals surface area contributed by atoms with E-state index in [4.69, 9.17) is 0 Å². The molecule has 0 aromatic carbocycles. The van der Waals surface area contributed by atoms with Gasteiger partial charge in [-0.2, -0.15) is 0 Å². The molecule has 0 atom stereocenters. The van der Waals surface area contributed by atoms with Crippen LogP contribution in [0.25, 0.3) is 0 Å². The highest BCUT2D eigenvalue weighted by atomic mass is 32.1. The highest BCUT2D eigenvalue weighted by Gasteiger charge is 2.18. The minimum atomic E-state index is -0.0643. The van der Waals surface area contributed by atoms with Crippen LogP contribution in [0, 0.1) is 6.92 Å². The molecule has 0 radical (unpaired) electrons. The number of hydrogen-bond acceptors (Lipinski definition) is 5. The molecule has 1 amide bonds. The summed E-state index contributed by atoms with van der Waals surface area (Å²) in [5.41, 5.74) is 1.35. The molecule has 0 saturated heterocycles. The van der Waals surface area contributed by atoms with Gasteiger partial charge in [0.15, 0.2) is 0 Å². The summed E-state index contributed by atoms with van der Waals surface area (Å²) in [6.45, 7) is 1.87. The topological polar surface area (TPSA) is 54.9 Å². The van der Waals surface area contributed by atoms with Crippen LogP contribution in [0.5, 0.6) is 0 Å². The lowest BCUT2D eigenvalue weighted by Crippen LogP contribution is -2.09. The van der Waals surface area contributed by atoms with Crippen molar-refractivity contribution < 1.29 is 4.79 Å². The fourth-order valence-corrected chi connectivity index (χ4v) is 3.84. The summed E-state index contributed by atoms with van der Waals surface area (Å²) >= 11 is 3.01. The second-order valence-electron chi connectivity index (χ2n) is 4.35. The van der Waals surface area contributed by atoms with E-state index in [-0.39, 0.29) is 5.91 Å². The molecular formula is C12H13N3OS2. The minimum Gasteiger partial charge on any atom is -0.296 e. The maximum absolute atomic E-state index is 12.1. The van der Waals surface area contributed by atoms with Gasteiger partial charge < -0.3 is 0 Å². The molecule has 1 N–H and O–H groups in total. The van der Waals surface area contributed by atoms with Crippen molar-refractivity contribution in [2.45, 2.75) is 32.6 Å². The minimum absolute atomic E-state index is 0.0643. The third kappa shape index (κ3) is 2.30. The van der Waals surface area contributed by atoms with E-state index in [0.717, 1.165) is 22.7 Å². The van der Waals surface area contributed by atoms with Crippen LogP contribution in [0.4, 0.5) is 5.13 Å². The molecule has 0 saturated carbocycles. The lowest BCUT2D eigenvalue weighted by molar-refractivity contribution is 0.103. The lowest BCUT2D eigenvalue weighted by atomic mass is 9.99. The number of carbonyl (C=O) groups excluding carboxylic acids is 1. The first-order chi connectivity index (χ1) is 8.72. The second kappa shape index (κ2) is 4.78. The Balaban J connectivity index is 1.78. The quantitative estimate of drug-likeness (QED) is 0.919. The van der Waals surface area contributed by atoms with E-state index in [2.05, 4.69) is 15.5 Å². The number of fused-ring (bicyclic) bond motifs is 1. The molecule has 1 aliphatic rings. The van der Waals surface area contributed by atoms with Crippen molar-refractivity contribution in [3.63, 3.8) is 0 Å². The summed E-state index contributed by atoms with van der Waals surface area (Å²) in [6, 6.07) is 2.03. The number of hydrogen-bond donors (Lipinski definition) is 1. The lowest BCUT2D eigenvalue weighted by Gasteiger charge is -2.08. The Morgan fingerprint density at radius 2 is 2.11 bits per heavy atom. The van der Waals surface area contributed by atoms with Crippen LogP contribution in [0.2, 0.25) is 0 Å². The molecule has 3 rings (SSSR count). The predicted octanol–water partition coefficient (Wildman–Crippen LogP) is 3.04. The first-order valence-corrected chi connectivity index (χ1v) is 7.59. The standard InChI is InChI=1S/C12H13N3OS2/c1-7-14-15-12(17-7)13-11(16)10-6-8-4-2-3-5-9(8)18-10/h6H,2-5H2,1H3,(H,13,15,16). The SMILES string of the molecule is Cc1nnc(NC(=O)c2cc3c(s2)CCCC3)s1. The highest BCUT2D eigenvalue weighted by Crippen LogP contribution is 2.30. The van der Waals surface area contributed by atoms with E-state index in [1.54, 1.807) is 11.3 Å². The van der Waals surface area contributed by atoms with Crippen LogP contribution >= 0.6 is 22.7 Å². The predicted molar refractivity (Wildman–Crippen MR) is 73.6 cm³/mol. The maximum atomic E-state index is 12.1. The van der Waals surface area contributed by atoms with Gasteiger partial charge in [-0.05, 0) is 44.2 Å². The van der Waals surface area contributed by atoms with Gasteiger partial charge in [-0.3, -0.25) is 10.1 Å². The molecule has 2 heterocycles. The molecule has 1 aliphatic carbocycles. The Kier molecular flexibility index (Phi) is 3.13. The summed E-state index contributed by atoms with van der Waals surface area (Å²) < 4.78 is 0. The van der Waals surface area contributed by atoms with Crippen molar-refractivity contribution in [2.24, 2.45) is 0 Å². The number of thiophene rings is 1. The van der Waals surface area contributed by atoms with E-state index in [1.807, 2.05) is 13.0 Å². The van der Waals surface area contributed by atoms with Crippen molar-refractivity contribution in [3.05, 3.63) is 26.4 Å². The summed E-state index contributed by atoms with van der Waals surface area (Å²) in [5, 5.41) is 12.0. The van der Waals surface area contributed by atoms with Gasteiger partial charge in [0.25, 0.3) is 5.91 Å². The first kappa shape index (κ1) is 11.8. The Hall–Kier alpha value is -1.27. The molecule has 0 aliphatic heterocycles. The zero-order valence-corrected chi connectivity index (χ0v) is 11.7. The molecule has 94 valence electrons. The van der Waals surface area contributed by atoms with E-state index in [1.165, 1.54) is 34.6 Å². The number of rotatable bonds is 2. The molecule has 2 aromatic rings. The largest absolute Gasteiger partial charge is 0.296 e. The Morgan fingerprint density at radius 3 is 2.83 bits per heavy atom. The average molecular weight is 279 g/mol. The second-order valence-corrected chi connectivity index (χ2v) is 6.66. The van der Waals surface area contributed by atoms with Crippen molar-refractivity contribution in [1.82, 2.24) is 10.2 Å². The van der Waals surface area contributed by atoms with E-state index < -0.39 is 0 Å². The van der Waals surface area contributed by atoms with Crippen LogP contribution in [0.1, 0.15) is 38.0 Å². The van der Waals surface area contributed by atoms with Gasteiger partial charge in [-0.1, -0.05) is 11.3 Å². The number of amides is 1. The highest BCUT2D eigenvalue weighted by molar-refractivity contribution is 7.16. The van der Waals surface area contributed by atoms with Gasteiger partial charge in [0, 0.05) is 4.88 Å². The summed E-state index contributed by atoms with van der Waals surface area (Å²) in [6.07, 6.45) is 4.70. The van der Waals surface area contributed by atoms with Gasteiger partial charge in [0.05, 0.1) is 4.88 Å². The van der Waals surface area contributed by atoms with Crippen molar-refractivity contribution >= 4 is 33.7 Å². The molecule has 4 nitrogen and oxygen atoms in total. The fraction of sp³-hybridized carbons (Fsp3) is 0.417. The molecule has 0 bridgehead atoms. The van der Waals surface area contributed by atoms with Crippen molar-refractivity contribution in [1.29, 1.82) is 0 Å². The Bertz CT molecular complexity index is 564. The first-order valence-electron chi connectivity index (χ1n) is 5.95. The Morgan fingerprint density at radius 1 is 1.28 bits per heavy atom. The van der Waals surface area contributed by atoms with E-state index >= 15 is 0 Å². The molecule has 0 spiro atoms. The molecular weight excluding hydrogens is 266 g/mol. The van der Waals surface area contributed by atoms with Gasteiger partial charge in [0.2, 0.25) is 5.13 Å². The number of anilines is 1. The monoisotopic (exact) mass is 279 g/mol. The summed E-state index contributed by atoms with van der Waals surface area (Å²) in [7, 11) is 0. The summed E-state index contributed by atoms with van der Waals surface area (Å²) in [4.78, 5) is 14.2. The smallest absolute Gasteiger partial charge is 0.267 e. The van der Waals surface area contributed by atoms with Gasteiger partial charge in [-0.15, -0.1) is 21.5 Å². The summed E-state index contributed by atoms with van der Waals surface area (Å²) in [5.74, 6) is -0.0643. The molecule has 18 heavy (non-hydrogen) atoms. The fourth-order valence-electron chi connectivity index (χ4n) is 2.11. The third-order valence-electron chi connectivity index (χ3n) is 2.97. The van der Waals surface area contributed by atoms with Crippen molar-refractivity contribution in [3.8, 4) is 0 Å². The molecule has 0 fully saturated rings. The number of aryl methyl sites for hydroxylation is 3. The molecule has 0 unspecified atom stereocenters.